The molecule has 2 heterocycles. The highest BCUT2D eigenvalue weighted by Gasteiger charge is 2.09. The van der Waals surface area contributed by atoms with Crippen molar-refractivity contribution in [3.63, 3.8) is 0 Å². The highest BCUT2D eigenvalue weighted by atomic mass is 35.5. The highest BCUT2D eigenvalue weighted by Crippen LogP contribution is 2.34. The summed E-state index contributed by atoms with van der Waals surface area (Å²) in [6, 6.07) is 1.95. The van der Waals surface area contributed by atoms with E-state index in [1.165, 1.54) is 16.4 Å². The number of hydrogen-bond acceptors (Lipinski definition) is 4. The van der Waals surface area contributed by atoms with Crippen molar-refractivity contribution >= 4 is 34.5 Å². The smallest absolute Gasteiger partial charge is 0.117 e. The van der Waals surface area contributed by atoms with Crippen LogP contribution >= 0.6 is 34.5 Å². The minimum absolute atomic E-state index is 0.769. The van der Waals surface area contributed by atoms with Crippen LogP contribution in [0.4, 0.5) is 0 Å². The summed E-state index contributed by atoms with van der Waals surface area (Å²) in [5, 5.41) is 6.62. The van der Waals surface area contributed by atoms with E-state index in [9.17, 15) is 0 Å². The summed E-state index contributed by atoms with van der Waals surface area (Å²) in [7, 11) is 0. The minimum atomic E-state index is 0.769. The second kappa shape index (κ2) is 3.12. The van der Waals surface area contributed by atoms with Crippen molar-refractivity contribution in [2.75, 3.05) is 0 Å². The lowest BCUT2D eigenvalue weighted by atomic mass is 10.4. The zero-order chi connectivity index (χ0) is 8.55. The molecule has 2 rings (SSSR count). The Hall–Kier alpha value is -0.450. The van der Waals surface area contributed by atoms with Gasteiger partial charge in [-0.15, -0.1) is 16.4 Å². The largest absolute Gasteiger partial charge is 0.137 e. The Morgan fingerprint density at radius 1 is 1.50 bits per heavy atom. The van der Waals surface area contributed by atoms with E-state index in [0.717, 1.165) is 15.6 Å². The summed E-state index contributed by atoms with van der Waals surface area (Å²) >= 11 is 8.97. The lowest BCUT2D eigenvalue weighted by molar-refractivity contribution is 1.17. The summed E-state index contributed by atoms with van der Waals surface area (Å²) in [6.45, 7) is 2.03. The van der Waals surface area contributed by atoms with Gasteiger partial charge in [0.15, 0.2) is 0 Å². The molecule has 0 fully saturated rings. The number of rotatable bonds is 1. The van der Waals surface area contributed by atoms with E-state index < -0.39 is 0 Å². The van der Waals surface area contributed by atoms with Gasteiger partial charge in [0.2, 0.25) is 0 Å². The molecule has 2 nitrogen and oxygen atoms in total. The average molecular weight is 217 g/mol. The lowest BCUT2D eigenvalue weighted by Crippen LogP contribution is -1.71. The van der Waals surface area contributed by atoms with Crippen LogP contribution in [0.25, 0.3) is 10.6 Å². The molecule has 2 aromatic rings. The molecule has 0 aromatic carbocycles. The predicted molar refractivity (Wildman–Crippen MR) is 53.0 cm³/mol. The summed E-state index contributed by atoms with van der Waals surface area (Å²) in [5.74, 6) is 0. The maximum atomic E-state index is 5.98. The van der Waals surface area contributed by atoms with Gasteiger partial charge in [-0.05, 0) is 24.5 Å². The SMILES string of the molecule is Cc1cc(Cl)c(-c2csnn2)s1. The Morgan fingerprint density at radius 3 is 2.83 bits per heavy atom. The Bertz CT molecular complexity index is 380. The summed E-state index contributed by atoms with van der Waals surface area (Å²) in [5.41, 5.74) is 0.878. The first kappa shape index (κ1) is 8.16. The topological polar surface area (TPSA) is 25.8 Å². The number of thiophene rings is 1. The normalized spacial score (nSPS) is 10.5. The zero-order valence-corrected chi connectivity index (χ0v) is 8.63. The number of hydrogen-bond donors (Lipinski definition) is 0. The third-order valence-corrected chi connectivity index (χ3v) is 3.39. The molecule has 5 heteroatoms. The maximum Gasteiger partial charge on any atom is 0.117 e. The fraction of sp³-hybridized carbons (Fsp3) is 0.143. The van der Waals surface area contributed by atoms with Crippen LogP contribution in [0.1, 0.15) is 4.88 Å². The standard InChI is InChI=1S/C7H5ClN2S2/c1-4-2-5(8)7(12-4)6-3-11-10-9-6/h2-3H,1H3. The fourth-order valence-corrected chi connectivity index (χ4v) is 2.74. The number of nitrogens with zero attached hydrogens (tertiary/aromatic N) is 2. The molecule has 62 valence electrons. The third-order valence-electron chi connectivity index (χ3n) is 1.40. The molecule has 0 aliphatic heterocycles. The molecule has 0 saturated heterocycles. The van der Waals surface area contributed by atoms with Crippen LogP contribution < -0.4 is 0 Å². The summed E-state index contributed by atoms with van der Waals surface area (Å²) < 4.78 is 3.79. The molecular formula is C7H5ClN2S2. The van der Waals surface area contributed by atoms with Crippen LogP contribution in [-0.4, -0.2) is 9.59 Å². The first-order chi connectivity index (χ1) is 5.77. The van der Waals surface area contributed by atoms with E-state index in [4.69, 9.17) is 11.6 Å². The van der Waals surface area contributed by atoms with Crippen molar-refractivity contribution in [2.24, 2.45) is 0 Å². The van der Waals surface area contributed by atoms with Crippen LogP contribution in [0.2, 0.25) is 5.02 Å². The van der Waals surface area contributed by atoms with Crippen LogP contribution in [0, 0.1) is 6.92 Å². The van der Waals surface area contributed by atoms with Gasteiger partial charge in [0.1, 0.15) is 5.69 Å². The average Bonchev–Trinajstić information content (AvgIpc) is 2.58. The molecule has 0 spiro atoms. The maximum absolute atomic E-state index is 5.98. The van der Waals surface area contributed by atoms with E-state index in [0.29, 0.717) is 0 Å². The predicted octanol–water partition coefficient (Wildman–Crippen LogP) is 3.23. The molecule has 12 heavy (non-hydrogen) atoms. The van der Waals surface area contributed by atoms with Crippen LogP contribution in [0.15, 0.2) is 11.4 Å². The molecule has 0 saturated carbocycles. The Kier molecular flexibility index (Phi) is 2.12. The molecule has 0 unspecified atom stereocenters. The van der Waals surface area contributed by atoms with Gasteiger partial charge in [-0.1, -0.05) is 16.1 Å². The van der Waals surface area contributed by atoms with E-state index in [-0.39, 0.29) is 0 Å². The fourth-order valence-electron chi connectivity index (χ4n) is 0.921. The molecule has 0 radical (unpaired) electrons. The molecule has 0 N–H and O–H groups in total. The van der Waals surface area contributed by atoms with Crippen molar-refractivity contribution < 1.29 is 0 Å². The van der Waals surface area contributed by atoms with Crippen molar-refractivity contribution in [3.05, 3.63) is 21.3 Å². The second-order valence-corrected chi connectivity index (χ2v) is 4.60. The van der Waals surface area contributed by atoms with Crippen LogP contribution in [0.3, 0.4) is 0 Å². The van der Waals surface area contributed by atoms with Gasteiger partial charge in [0.05, 0.1) is 9.90 Å². The molecule has 0 aliphatic carbocycles. The molecule has 0 atom stereocenters. The minimum Gasteiger partial charge on any atom is -0.137 e. The van der Waals surface area contributed by atoms with Crippen LogP contribution in [-0.2, 0) is 0 Å². The quantitative estimate of drug-likeness (QED) is 0.732. The molecule has 0 amide bonds. The van der Waals surface area contributed by atoms with Gasteiger partial charge in [0, 0.05) is 10.3 Å². The van der Waals surface area contributed by atoms with Gasteiger partial charge in [-0.2, -0.15) is 0 Å². The van der Waals surface area contributed by atoms with Gasteiger partial charge < -0.3 is 0 Å². The van der Waals surface area contributed by atoms with Crippen molar-refractivity contribution in [2.45, 2.75) is 6.92 Å². The number of halogens is 1. The highest BCUT2D eigenvalue weighted by molar-refractivity contribution is 7.16. The van der Waals surface area contributed by atoms with E-state index in [1.54, 1.807) is 11.3 Å². The van der Waals surface area contributed by atoms with Gasteiger partial charge in [-0.3, -0.25) is 0 Å². The first-order valence-electron chi connectivity index (χ1n) is 3.31. The van der Waals surface area contributed by atoms with E-state index in [2.05, 4.69) is 9.59 Å². The molecular weight excluding hydrogens is 212 g/mol. The Balaban J connectivity index is 2.54. The zero-order valence-electron chi connectivity index (χ0n) is 6.24. The van der Waals surface area contributed by atoms with Crippen LogP contribution in [0.5, 0.6) is 0 Å². The second-order valence-electron chi connectivity index (χ2n) is 2.32. The van der Waals surface area contributed by atoms with Crippen molar-refractivity contribution in [1.29, 1.82) is 0 Å². The molecule has 0 aliphatic rings. The van der Waals surface area contributed by atoms with E-state index in [1.807, 2.05) is 18.4 Å². The Labute approximate surface area is 83.0 Å². The van der Waals surface area contributed by atoms with Gasteiger partial charge in [0.25, 0.3) is 0 Å². The van der Waals surface area contributed by atoms with E-state index >= 15 is 0 Å². The molecule has 2 aromatic heterocycles. The number of aryl methyl sites for hydroxylation is 1. The third kappa shape index (κ3) is 1.37. The van der Waals surface area contributed by atoms with Gasteiger partial charge in [-0.25, -0.2) is 0 Å². The summed E-state index contributed by atoms with van der Waals surface area (Å²) in [6.07, 6.45) is 0. The lowest BCUT2D eigenvalue weighted by Gasteiger charge is -1.87. The first-order valence-corrected chi connectivity index (χ1v) is 5.34. The number of aromatic nitrogens is 2. The van der Waals surface area contributed by atoms with Gasteiger partial charge >= 0.3 is 0 Å². The Morgan fingerprint density at radius 2 is 2.33 bits per heavy atom. The van der Waals surface area contributed by atoms with Crippen molar-refractivity contribution in [1.82, 2.24) is 9.59 Å². The van der Waals surface area contributed by atoms with Crippen molar-refractivity contribution in [3.8, 4) is 10.6 Å². The monoisotopic (exact) mass is 216 g/mol. The summed E-state index contributed by atoms with van der Waals surface area (Å²) in [4.78, 5) is 2.21. The molecule has 0 bridgehead atoms.